The van der Waals surface area contributed by atoms with Crippen molar-refractivity contribution in [3.8, 4) is 5.75 Å². The number of anilines is 2. The summed E-state index contributed by atoms with van der Waals surface area (Å²) in [7, 11) is 0. The minimum absolute atomic E-state index is 0.199. The van der Waals surface area contributed by atoms with E-state index in [1.807, 2.05) is 44.2 Å². The van der Waals surface area contributed by atoms with E-state index in [2.05, 4.69) is 26.6 Å². The van der Waals surface area contributed by atoms with Gasteiger partial charge in [-0.2, -0.15) is 0 Å². The molecule has 0 radical (unpaired) electrons. The first-order valence-electron chi connectivity index (χ1n) is 7.84. The fraction of sp³-hybridized carbons (Fsp3) is 0.211. The second kappa shape index (κ2) is 8.92. The van der Waals surface area contributed by atoms with Gasteiger partial charge in [0.15, 0.2) is 0 Å². The van der Waals surface area contributed by atoms with Gasteiger partial charge in [0, 0.05) is 34.2 Å². The lowest BCUT2D eigenvalue weighted by Crippen LogP contribution is -2.13. The predicted molar refractivity (Wildman–Crippen MR) is 108 cm³/mol. The average molecular weight is 424 g/mol. The molecule has 0 aliphatic heterocycles. The van der Waals surface area contributed by atoms with Crippen LogP contribution in [0.25, 0.3) is 0 Å². The Kier molecular flexibility index (Phi) is 6.91. The van der Waals surface area contributed by atoms with Crippen LogP contribution in [0.2, 0.25) is 5.02 Å². The molecule has 0 aromatic heterocycles. The molecule has 2 N–H and O–H groups in total. The highest BCUT2D eigenvalue weighted by atomic mass is 79.9. The molecular weight excluding hydrogens is 404 g/mol. The van der Waals surface area contributed by atoms with Crippen molar-refractivity contribution in [3.05, 3.63) is 63.2 Å². The van der Waals surface area contributed by atoms with Crippen LogP contribution in [-0.2, 0) is 4.79 Å². The average Bonchev–Trinajstić information content (AvgIpc) is 2.58. The highest BCUT2D eigenvalue weighted by Gasteiger charge is 2.07. The molecule has 0 bridgehead atoms. The summed E-state index contributed by atoms with van der Waals surface area (Å²) >= 11 is 9.52. The largest absolute Gasteiger partial charge is 0.493 e. The van der Waals surface area contributed by atoms with Crippen LogP contribution in [0.15, 0.2) is 52.6 Å². The Labute approximate surface area is 161 Å². The molecular formula is C19H20BrClN2O2. The number of rotatable bonds is 6. The number of halogens is 2. The molecule has 0 unspecified atom stereocenters. The van der Waals surface area contributed by atoms with Crippen molar-refractivity contribution in [3.63, 3.8) is 0 Å². The van der Waals surface area contributed by atoms with E-state index in [0.29, 0.717) is 22.9 Å². The molecule has 6 heteroatoms. The fourth-order valence-electron chi connectivity index (χ4n) is 2.02. The topological polar surface area (TPSA) is 50.4 Å². The number of amides is 1. The Morgan fingerprint density at radius 1 is 1.24 bits per heavy atom. The molecule has 2 aromatic carbocycles. The van der Waals surface area contributed by atoms with Gasteiger partial charge in [0.2, 0.25) is 0 Å². The molecule has 0 spiro atoms. The summed E-state index contributed by atoms with van der Waals surface area (Å²) in [6, 6.07) is 11.1. The van der Waals surface area contributed by atoms with E-state index in [-0.39, 0.29) is 5.91 Å². The van der Waals surface area contributed by atoms with Crippen molar-refractivity contribution < 1.29 is 9.53 Å². The SMILES string of the molecule is CCOc1cc(N/C=C(\C)C(=O)Nc2ccc(C)c(Cl)c2)ccc1Br. The second-order valence-electron chi connectivity index (χ2n) is 5.47. The van der Waals surface area contributed by atoms with E-state index < -0.39 is 0 Å². The first-order valence-corrected chi connectivity index (χ1v) is 9.01. The van der Waals surface area contributed by atoms with Crippen LogP contribution in [0.5, 0.6) is 5.75 Å². The summed E-state index contributed by atoms with van der Waals surface area (Å²) in [6.45, 7) is 6.16. The highest BCUT2D eigenvalue weighted by Crippen LogP contribution is 2.28. The van der Waals surface area contributed by atoms with Gasteiger partial charge >= 0.3 is 0 Å². The van der Waals surface area contributed by atoms with Crippen LogP contribution < -0.4 is 15.4 Å². The molecule has 25 heavy (non-hydrogen) atoms. The molecule has 4 nitrogen and oxygen atoms in total. The Bertz CT molecular complexity index is 806. The molecule has 132 valence electrons. The molecule has 0 aliphatic rings. The third-order valence-corrected chi connectivity index (χ3v) is 4.54. The molecule has 1 amide bonds. The van der Waals surface area contributed by atoms with Gasteiger partial charge in [-0.15, -0.1) is 0 Å². The van der Waals surface area contributed by atoms with Crippen molar-refractivity contribution in [1.29, 1.82) is 0 Å². The number of benzene rings is 2. The Balaban J connectivity index is 2.04. The highest BCUT2D eigenvalue weighted by molar-refractivity contribution is 9.10. The van der Waals surface area contributed by atoms with Crippen LogP contribution >= 0.6 is 27.5 Å². The van der Waals surface area contributed by atoms with E-state index in [1.54, 1.807) is 19.2 Å². The van der Waals surface area contributed by atoms with Crippen LogP contribution in [-0.4, -0.2) is 12.5 Å². The van der Waals surface area contributed by atoms with Crippen molar-refractivity contribution in [1.82, 2.24) is 0 Å². The zero-order valence-electron chi connectivity index (χ0n) is 14.3. The smallest absolute Gasteiger partial charge is 0.252 e. The van der Waals surface area contributed by atoms with Crippen molar-refractivity contribution in [2.45, 2.75) is 20.8 Å². The molecule has 0 saturated heterocycles. The van der Waals surface area contributed by atoms with Crippen molar-refractivity contribution in [2.24, 2.45) is 0 Å². The standard InChI is InChI=1S/C19H20BrClN2O2/c1-4-25-18-10-14(7-8-16(18)20)22-11-13(3)19(24)23-15-6-5-12(2)17(21)9-15/h5-11,22H,4H2,1-3H3,(H,23,24)/b13-11+. The van der Waals surface area contributed by atoms with Gasteiger partial charge in [-0.05, 0) is 66.5 Å². The van der Waals surface area contributed by atoms with E-state index >= 15 is 0 Å². The summed E-state index contributed by atoms with van der Waals surface area (Å²) in [6.07, 6.45) is 1.66. The van der Waals surface area contributed by atoms with Crippen LogP contribution in [0, 0.1) is 6.92 Å². The maximum Gasteiger partial charge on any atom is 0.252 e. The molecule has 2 rings (SSSR count). The second-order valence-corrected chi connectivity index (χ2v) is 6.73. The van der Waals surface area contributed by atoms with Crippen LogP contribution in [0.3, 0.4) is 0 Å². The summed E-state index contributed by atoms with van der Waals surface area (Å²) < 4.78 is 6.42. The quantitative estimate of drug-likeness (QED) is 0.580. The van der Waals surface area contributed by atoms with Gasteiger partial charge in [0.1, 0.15) is 5.75 Å². The summed E-state index contributed by atoms with van der Waals surface area (Å²) in [5.41, 5.74) is 3.00. The third kappa shape index (κ3) is 5.51. The van der Waals surface area contributed by atoms with Crippen LogP contribution in [0.1, 0.15) is 19.4 Å². The van der Waals surface area contributed by atoms with E-state index in [9.17, 15) is 4.79 Å². The number of carbonyl (C=O) groups excluding carboxylic acids is 1. The van der Waals surface area contributed by atoms with Gasteiger partial charge in [-0.25, -0.2) is 0 Å². The van der Waals surface area contributed by atoms with Gasteiger partial charge in [-0.3, -0.25) is 4.79 Å². The number of nitrogens with one attached hydrogen (secondary N) is 2. The van der Waals surface area contributed by atoms with E-state index in [4.69, 9.17) is 16.3 Å². The van der Waals surface area contributed by atoms with Gasteiger partial charge < -0.3 is 15.4 Å². The summed E-state index contributed by atoms with van der Waals surface area (Å²) in [5.74, 6) is 0.548. The predicted octanol–water partition coefficient (Wildman–Crippen LogP) is 5.76. The number of aryl methyl sites for hydroxylation is 1. The number of hydrogen-bond acceptors (Lipinski definition) is 3. The normalized spacial score (nSPS) is 11.2. The maximum absolute atomic E-state index is 12.3. The number of hydrogen-bond donors (Lipinski definition) is 2. The summed E-state index contributed by atoms with van der Waals surface area (Å²) in [4.78, 5) is 12.3. The Hall–Kier alpha value is -1.98. The third-order valence-electron chi connectivity index (χ3n) is 3.47. The summed E-state index contributed by atoms with van der Waals surface area (Å²) in [5, 5.41) is 6.55. The van der Waals surface area contributed by atoms with Gasteiger partial charge in [0.25, 0.3) is 5.91 Å². The zero-order valence-corrected chi connectivity index (χ0v) is 16.7. The Morgan fingerprint density at radius 3 is 2.64 bits per heavy atom. The van der Waals surface area contributed by atoms with Gasteiger partial charge in [0.05, 0.1) is 11.1 Å². The molecule has 0 atom stereocenters. The molecule has 0 aliphatic carbocycles. The number of carbonyl (C=O) groups is 1. The van der Waals surface area contributed by atoms with Gasteiger partial charge in [-0.1, -0.05) is 17.7 Å². The lowest BCUT2D eigenvalue weighted by atomic mass is 10.2. The zero-order chi connectivity index (χ0) is 18.4. The number of ether oxygens (including phenoxy) is 1. The van der Waals surface area contributed by atoms with E-state index in [0.717, 1.165) is 21.5 Å². The molecule has 0 fully saturated rings. The fourth-order valence-corrected chi connectivity index (χ4v) is 2.56. The van der Waals surface area contributed by atoms with Crippen LogP contribution in [0.4, 0.5) is 11.4 Å². The van der Waals surface area contributed by atoms with Crippen molar-refractivity contribution >= 4 is 44.8 Å². The lowest BCUT2D eigenvalue weighted by molar-refractivity contribution is -0.112. The minimum atomic E-state index is -0.199. The maximum atomic E-state index is 12.3. The lowest BCUT2D eigenvalue weighted by Gasteiger charge is -2.10. The Morgan fingerprint density at radius 2 is 1.96 bits per heavy atom. The molecule has 0 heterocycles. The van der Waals surface area contributed by atoms with E-state index in [1.165, 1.54) is 0 Å². The van der Waals surface area contributed by atoms with Crippen molar-refractivity contribution in [2.75, 3.05) is 17.2 Å². The monoisotopic (exact) mass is 422 g/mol. The molecule has 2 aromatic rings. The first-order chi connectivity index (χ1) is 11.9. The molecule has 0 saturated carbocycles. The first kappa shape index (κ1) is 19.3. The minimum Gasteiger partial charge on any atom is -0.493 e.